The van der Waals surface area contributed by atoms with Crippen LogP contribution in [-0.2, 0) is 33.4 Å². The van der Waals surface area contributed by atoms with Crippen LogP contribution in [0.1, 0.15) is 72.5 Å². The Morgan fingerprint density at radius 1 is 1.17 bits per heavy atom. The number of ketones is 1. The molecule has 0 unspecified atom stereocenters. The second-order valence-corrected chi connectivity index (χ2v) is 13.2. The van der Waals surface area contributed by atoms with E-state index in [9.17, 15) is 24.3 Å². The highest BCUT2D eigenvalue weighted by Crippen LogP contribution is 2.68. The van der Waals surface area contributed by atoms with Gasteiger partial charge in [-0.05, 0) is 44.6 Å². The predicted octanol–water partition coefficient (Wildman–Crippen LogP) is 4.50. The van der Waals surface area contributed by atoms with Crippen molar-refractivity contribution in [3.05, 3.63) is 47.5 Å². The van der Waals surface area contributed by atoms with E-state index >= 15 is 0 Å². The molecule has 2 bridgehead atoms. The molecule has 0 amide bonds. The van der Waals surface area contributed by atoms with Crippen LogP contribution in [-0.4, -0.2) is 48.1 Å². The fourth-order valence-corrected chi connectivity index (χ4v) is 8.68. The van der Waals surface area contributed by atoms with Gasteiger partial charge in [0.15, 0.2) is 6.10 Å². The lowest BCUT2D eigenvalue weighted by atomic mass is 9.40. The van der Waals surface area contributed by atoms with Crippen LogP contribution in [0.3, 0.4) is 0 Å². The van der Waals surface area contributed by atoms with E-state index in [0.29, 0.717) is 18.4 Å². The number of cyclic esters (lactones) is 1. The molecule has 1 N–H and O–H groups in total. The van der Waals surface area contributed by atoms with Gasteiger partial charge in [0.1, 0.15) is 18.0 Å². The Kier molecular flexibility index (Phi) is 7.12. The van der Waals surface area contributed by atoms with Crippen molar-refractivity contribution < 1.29 is 42.9 Å². The van der Waals surface area contributed by atoms with Crippen molar-refractivity contribution in [3.63, 3.8) is 0 Å². The van der Waals surface area contributed by atoms with Crippen molar-refractivity contribution in [2.75, 3.05) is 7.11 Å². The number of methoxy groups -OCH3 is 1. The summed E-state index contributed by atoms with van der Waals surface area (Å²) in [6.07, 6.45) is 4.96. The van der Waals surface area contributed by atoms with Crippen LogP contribution in [0.5, 0.6) is 0 Å². The number of aliphatic hydroxyl groups is 1. The number of rotatable bonds is 5. The molecule has 9 atom stereocenters. The largest absolute Gasteiger partial charge is 0.472 e. The normalized spacial score (nSPS) is 38.5. The highest BCUT2D eigenvalue weighted by Gasteiger charge is 2.70. The van der Waals surface area contributed by atoms with Gasteiger partial charge in [-0.1, -0.05) is 45.4 Å². The Morgan fingerprint density at radius 2 is 1.88 bits per heavy atom. The first-order valence-corrected chi connectivity index (χ1v) is 14.3. The zero-order chi connectivity index (χ0) is 30.1. The van der Waals surface area contributed by atoms with Crippen molar-refractivity contribution >= 4 is 23.7 Å². The third-order valence-electron chi connectivity index (χ3n) is 10.8. The molecule has 1 aromatic heterocycles. The third kappa shape index (κ3) is 4.14. The molecule has 1 aliphatic heterocycles. The van der Waals surface area contributed by atoms with E-state index in [1.165, 1.54) is 7.11 Å². The van der Waals surface area contributed by atoms with Gasteiger partial charge in [-0.3, -0.25) is 9.59 Å². The smallest absolute Gasteiger partial charge is 0.335 e. The summed E-state index contributed by atoms with van der Waals surface area (Å²) in [7, 11) is 1.20. The number of allylic oxidation sites excluding steroid dienone is 2. The highest BCUT2D eigenvalue weighted by atomic mass is 16.6. The standard InChI is InChI=1S/C32H40O9/c1-8-16(2)28(36)41-27-19-13-18-20(32(6,25(19)35)24(30(27,3)4)23(34)29(37)38-7)9-11-31(5)21(18)14-22(33)40-26(31)17-10-12-39-15-17/h8,10,12-13,15,19-21,23-24,26-27,34H,9,11,14H2,1-7H3/b16-8+/t19-,20-,21-,23+,24-,26-,27+,31+,32+/m0/s1. The fourth-order valence-electron chi connectivity index (χ4n) is 8.68. The summed E-state index contributed by atoms with van der Waals surface area (Å²) >= 11 is 0. The van der Waals surface area contributed by atoms with Crippen molar-refractivity contribution in [3.8, 4) is 0 Å². The molecule has 3 fully saturated rings. The molecule has 2 heterocycles. The first kappa shape index (κ1) is 29.3. The Balaban J connectivity index is 1.69. The van der Waals surface area contributed by atoms with Crippen LogP contribution in [0, 0.1) is 39.9 Å². The van der Waals surface area contributed by atoms with Gasteiger partial charge in [-0.15, -0.1) is 0 Å². The molecule has 0 aromatic carbocycles. The van der Waals surface area contributed by atoms with E-state index < -0.39 is 58.3 Å². The second kappa shape index (κ2) is 9.96. The number of carbonyl (C=O) groups excluding carboxylic acids is 4. The summed E-state index contributed by atoms with van der Waals surface area (Å²) in [5, 5.41) is 11.5. The van der Waals surface area contributed by atoms with E-state index in [2.05, 4.69) is 6.92 Å². The molecular formula is C32H40O9. The number of fused-ring (bicyclic) bond motifs is 6. The Labute approximate surface area is 240 Å². The van der Waals surface area contributed by atoms with Gasteiger partial charge in [-0.25, -0.2) is 9.59 Å². The predicted molar refractivity (Wildman–Crippen MR) is 146 cm³/mol. The molecule has 9 nitrogen and oxygen atoms in total. The maximum absolute atomic E-state index is 14.5. The maximum atomic E-state index is 14.5. The van der Waals surface area contributed by atoms with Gasteiger partial charge in [0.05, 0.1) is 32.0 Å². The van der Waals surface area contributed by atoms with E-state index in [0.717, 1.165) is 11.1 Å². The average Bonchev–Trinajstić information content (AvgIpc) is 3.46. The lowest BCUT2D eigenvalue weighted by Crippen LogP contribution is -2.69. The molecule has 1 aromatic rings. The summed E-state index contributed by atoms with van der Waals surface area (Å²) in [5.41, 5.74) is -0.563. The van der Waals surface area contributed by atoms with Crippen LogP contribution in [0.2, 0.25) is 0 Å². The first-order valence-electron chi connectivity index (χ1n) is 14.3. The number of carbonyl (C=O) groups is 4. The molecule has 9 heteroatoms. The molecule has 2 saturated carbocycles. The number of furan rings is 1. The topological polar surface area (TPSA) is 129 Å². The minimum atomic E-state index is -1.63. The number of Topliss-reactive ketones (excluding diaryl/α,β-unsaturated/α-hetero) is 1. The summed E-state index contributed by atoms with van der Waals surface area (Å²) in [6.45, 7) is 11.0. The van der Waals surface area contributed by atoms with Gasteiger partial charge in [0, 0.05) is 33.3 Å². The minimum Gasteiger partial charge on any atom is -0.472 e. The number of esters is 3. The Bertz CT molecular complexity index is 1320. The Morgan fingerprint density at radius 3 is 2.49 bits per heavy atom. The number of ether oxygens (including phenoxy) is 3. The van der Waals surface area contributed by atoms with Crippen LogP contribution in [0.4, 0.5) is 0 Å². The van der Waals surface area contributed by atoms with E-state index in [1.807, 2.05) is 26.8 Å². The van der Waals surface area contributed by atoms with Crippen molar-refractivity contribution in [2.45, 2.75) is 79.1 Å². The molecule has 222 valence electrons. The van der Waals surface area contributed by atoms with Crippen molar-refractivity contribution in [1.82, 2.24) is 0 Å². The molecular weight excluding hydrogens is 528 g/mol. The molecule has 3 aliphatic carbocycles. The van der Waals surface area contributed by atoms with Crippen LogP contribution in [0.15, 0.2) is 46.3 Å². The van der Waals surface area contributed by atoms with Crippen LogP contribution < -0.4 is 0 Å². The molecule has 4 aliphatic rings. The maximum Gasteiger partial charge on any atom is 0.335 e. The van der Waals surface area contributed by atoms with Gasteiger partial charge in [-0.2, -0.15) is 0 Å². The zero-order valence-corrected chi connectivity index (χ0v) is 24.8. The van der Waals surface area contributed by atoms with Crippen molar-refractivity contribution in [1.29, 1.82) is 0 Å². The average molecular weight is 569 g/mol. The first-order chi connectivity index (χ1) is 19.2. The van der Waals surface area contributed by atoms with Gasteiger partial charge >= 0.3 is 17.9 Å². The lowest BCUT2D eigenvalue weighted by Gasteiger charge is -2.64. The molecule has 1 saturated heterocycles. The van der Waals surface area contributed by atoms with Gasteiger partial charge in [0.25, 0.3) is 0 Å². The number of hydrogen-bond donors (Lipinski definition) is 1. The molecule has 5 rings (SSSR count). The highest BCUT2D eigenvalue weighted by molar-refractivity contribution is 5.95. The van der Waals surface area contributed by atoms with E-state index in [4.69, 9.17) is 18.6 Å². The summed E-state index contributed by atoms with van der Waals surface area (Å²) in [4.78, 5) is 53.4. The second-order valence-electron chi connectivity index (χ2n) is 13.2. The molecule has 0 spiro atoms. The van der Waals surface area contributed by atoms with Gasteiger partial charge in [0.2, 0.25) is 0 Å². The zero-order valence-electron chi connectivity index (χ0n) is 24.8. The summed E-state index contributed by atoms with van der Waals surface area (Å²) in [5.74, 6) is -4.27. The quantitative estimate of drug-likeness (QED) is 0.236. The van der Waals surface area contributed by atoms with E-state index in [1.54, 1.807) is 38.5 Å². The molecule has 0 radical (unpaired) electrons. The lowest BCUT2D eigenvalue weighted by molar-refractivity contribution is -0.208. The third-order valence-corrected chi connectivity index (χ3v) is 10.8. The fraction of sp³-hybridized carbons (Fsp3) is 0.625. The van der Waals surface area contributed by atoms with Gasteiger partial charge < -0.3 is 23.7 Å². The Hall–Kier alpha value is -3.20. The SMILES string of the molecule is C/C=C(\C)C(=O)O[C@@H]1[C@H]2C=C3[C@@H]4CC(=O)O[C@@H](c5ccoc5)[C@]4(C)CC[C@@H]3[C@@](C)(C2=O)[C@@H]([C@@H](O)C(=O)OC)C1(C)C. The molecule has 41 heavy (non-hydrogen) atoms. The summed E-state index contributed by atoms with van der Waals surface area (Å²) in [6, 6.07) is 1.80. The van der Waals surface area contributed by atoms with Crippen molar-refractivity contribution in [2.24, 2.45) is 39.9 Å². The van der Waals surface area contributed by atoms with Crippen LogP contribution >= 0.6 is 0 Å². The van der Waals surface area contributed by atoms with E-state index in [-0.39, 0.29) is 30.0 Å². The number of hydrogen-bond acceptors (Lipinski definition) is 9. The number of aliphatic hydroxyl groups excluding tert-OH is 1. The minimum absolute atomic E-state index is 0.139. The summed E-state index contributed by atoms with van der Waals surface area (Å²) < 4.78 is 22.2. The monoisotopic (exact) mass is 568 g/mol. The van der Waals surface area contributed by atoms with Crippen LogP contribution in [0.25, 0.3) is 0 Å².